The zero-order valence-electron chi connectivity index (χ0n) is 11.9. The first kappa shape index (κ1) is 15.1. The van der Waals surface area contributed by atoms with Gasteiger partial charge in [-0.1, -0.05) is 25.7 Å². The molecule has 2 rings (SSSR count). The molecule has 0 amide bonds. The molecule has 1 aliphatic rings. The number of hydrogen-bond donors (Lipinski definition) is 0. The maximum atomic E-state index is 13.6. The van der Waals surface area contributed by atoms with E-state index in [1.54, 1.807) is 0 Å². The molecule has 1 aromatic rings. The van der Waals surface area contributed by atoms with Gasteiger partial charge in [0, 0.05) is 6.04 Å². The normalized spacial score (nSPS) is 17.2. The predicted octanol–water partition coefficient (Wildman–Crippen LogP) is 3.80. The maximum absolute atomic E-state index is 13.6. The van der Waals surface area contributed by atoms with Gasteiger partial charge in [0.05, 0.1) is 12.1 Å². The van der Waals surface area contributed by atoms with Crippen molar-refractivity contribution in [2.75, 3.05) is 13.6 Å². The third-order valence-corrected chi connectivity index (χ3v) is 4.07. The lowest BCUT2D eigenvalue weighted by Gasteiger charge is -2.26. The minimum atomic E-state index is -0.648. The number of hydrogen-bond acceptors (Lipinski definition) is 2. The van der Waals surface area contributed by atoms with Crippen molar-refractivity contribution in [1.29, 1.82) is 0 Å². The molecule has 1 fully saturated rings. The third-order valence-electron chi connectivity index (χ3n) is 4.07. The Bertz CT molecular complexity index is 468. The fraction of sp³-hybridized carbons (Fsp3) is 0.562. The molecule has 1 aromatic carbocycles. The first-order valence-electron chi connectivity index (χ1n) is 7.26. The van der Waals surface area contributed by atoms with Crippen LogP contribution in [0, 0.1) is 11.6 Å². The van der Waals surface area contributed by atoms with Crippen LogP contribution in [0.4, 0.5) is 8.78 Å². The summed E-state index contributed by atoms with van der Waals surface area (Å²) in [5.41, 5.74) is -0.148. The Labute approximate surface area is 118 Å². The van der Waals surface area contributed by atoms with Crippen molar-refractivity contribution in [2.24, 2.45) is 0 Å². The highest BCUT2D eigenvalue weighted by atomic mass is 19.1. The topological polar surface area (TPSA) is 20.3 Å². The van der Waals surface area contributed by atoms with E-state index in [-0.39, 0.29) is 17.9 Å². The molecule has 20 heavy (non-hydrogen) atoms. The molecular weight excluding hydrogens is 260 g/mol. The lowest BCUT2D eigenvalue weighted by atomic mass is 10.1. The lowest BCUT2D eigenvalue weighted by molar-refractivity contribution is 0.0907. The number of Topliss-reactive ketones (excluding diaryl/α,β-unsaturated/α-hetero) is 1. The van der Waals surface area contributed by atoms with Gasteiger partial charge in [0.2, 0.25) is 0 Å². The first-order chi connectivity index (χ1) is 9.58. The van der Waals surface area contributed by atoms with Gasteiger partial charge in [-0.25, -0.2) is 8.78 Å². The van der Waals surface area contributed by atoms with Gasteiger partial charge < -0.3 is 0 Å². The van der Waals surface area contributed by atoms with Crippen molar-refractivity contribution in [3.05, 3.63) is 35.4 Å². The van der Waals surface area contributed by atoms with Crippen LogP contribution in [-0.4, -0.2) is 30.3 Å². The second kappa shape index (κ2) is 6.93. The molecule has 110 valence electrons. The van der Waals surface area contributed by atoms with Crippen molar-refractivity contribution >= 4 is 5.78 Å². The molecule has 1 saturated carbocycles. The van der Waals surface area contributed by atoms with Crippen molar-refractivity contribution in [1.82, 2.24) is 4.90 Å². The van der Waals surface area contributed by atoms with E-state index >= 15 is 0 Å². The van der Waals surface area contributed by atoms with E-state index in [0.29, 0.717) is 6.04 Å². The SMILES string of the molecule is CN(CC(=O)c1cc(F)ccc1F)C1CCCCCC1. The van der Waals surface area contributed by atoms with E-state index in [2.05, 4.69) is 0 Å². The number of benzene rings is 1. The van der Waals surface area contributed by atoms with Crippen LogP contribution in [0.1, 0.15) is 48.9 Å². The van der Waals surface area contributed by atoms with Crippen molar-refractivity contribution in [3.8, 4) is 0 Å². The highest BCUT2D eigenvalue weighted by molar-refractivity contribution is 5.97. The Morgan fingerprint density at radius 2 is 1.85 bits per heavy atom. The summed E-state index contributed by atoms with van der Waals surface area (Å²) in [5, 5.41) is 0. The molecule has 4 heteroatoms. The summed E-state index contributed by atoms with van der Waals surface area (Å²) in [6.45, 7) is 0.144. The molecule has 2 nitrogen and oxygen atoms in total. The molecular formula is C16H21F2NO. The highest BCUT2D eigenvalue weighted by Gasteiger charge is 2.21. The zero-order valence-corrected chi connectivity index (χ0v) is 11.9. The molecule has 0 spiro atoms. The van der Waals surface area contributed by atoms with E-state index in [9.17, 15) is 13.6 Å². The third kappa shape index (κ3) is 3.85. The Morgan fingerprint density at radius 1 is 1.20 bits per heavy atom. The fourth-order valence-electron chi connectivity index (χ4n) is 2.85. The summed E-state index contributed by atoms with van der Waals surface area (Å²) in [6.07, 6.45) is 7.01. The number of halogens is 2. The number of nitrogens with zero attached hydrogens (tertiary/aromatic N) is 1. The average Bonchev–Trinajstić information content (AvgIpc) is 2.70. The lowest BCUT2D eigenvalue weighted by Crippen LogP contribution is -2.35. The zero-order chi connectivity index (χ0) is 14.5. The highest BCUT2D eigenvalue weighted by Crippen LogP contribution is 2.21. The number of rotatable bonds is 4. The van der Waals surface area contributed by atoms with E-state index in [0.717, 1.165) is 31.0 Å². The van der Waals surface area contributed by atoms with Gasteiger partial charge in [0.15, 0.2) is 5.78 Å². The molecule has 0 saturated heterocycles. The average molecular weight is 281 g/mol. The largest absolute Gasteiger partial charge is 0.296 e. The van der Waals surface area contributed by atoms with E-state index in [1.807, 2.05) is 11.9 Å². The van der Waals surface area contributed by atoms with Crippen LogP contribution in [0.25, 0.3) is 0 Å². The molecule has 0 heterocycles. The standard InChI is InChI=1S/C16H21F2NO/c1-19(13-6-4-2-3-5-7-13)11-16(20)14-10-12(17)8-9-15(14)18/h8-10,13H,2-7,11H2,1H3. The molecule has 0 unspecified atom stereocenters. The van der Waals surface area contributed by atoms with Crippen LogP contribution in [0.15, 0.2) is 18.2 Å². The summed E-state index contributed by atoms with van der Waals surface area (Å²) >= 11 is 0. The molecule has 0 radical (unpaired) electrons. The van der Waals surface area contributed by atoms with Crippen molar-refractivity contribution in [3.63, 3.8) is 0 Å². The molecule has 0 atom stereocenters. The summed E-state index contributed by atoms with van der Waals surface area (Å²) < 4.78 is 26.7. The number of likely N-dealkylation sites (N-methyl/N-ethyl adjacent to an activating group) is 1. The second-order valence-electron chi connectivity index (χ2n) is 5.61. The first-order valence-corrected chi connectivity index (χ1v) is 7.26. The van der Waals surface area contributed by atoms with Gasteiger partial charge in [-0.05, 0) is 38.1 Å². The summed E-state index contributed by atoms with van der Waals surface area (Å²) in [7, 11) is 1.89. The van der Waals surface area contributed by atoms with Gasteiger partial charge >= 0.3 is 0 Å². The monoisotopic (exact) mass is 281 g/mol. The predicted molar refractivity (Wildman–Crippen MR) is 74.8 cm³/mol. The van der Waals surface area contributed by atoms with Gasteiger partial charge in [0.25, 0.3) is 0 Å². The Balaban J connectivity index is 2.01. The number of ketones is 1. The van der Waals surface area contributed by atoms with Gasteiger partial charge in [-0.3, -0.25) is 9.69 Å². The van der Waals surface area contributed by atoms with Crippen molar-refractivity contribution in [2.45, 2.75) is 44.6 Å². The quantitative estimate of drug-likeness (QED) is 0.618. The van der Waals surface area contributed by atoms with Crippen molar-refractivity contribution < 1.29 is 13.6 Å². The Morgan fingerprint density at radius 3 is 2.50 bits per heavy atom. The summed E-state index contributed by atoms with van der Waals surface area (Å²) in [6, 6.07) is 3.39. The second-order valence-corrected chi connectivity index (χ2v) is 5.61. The van der Waals surface area contributed by atoms with Gasteiger partial charge in [-0.2, -0.15) is 0 Å². The molecule has 0 bridgehead atoms. The fourth-order valence-corrected chi connectivity index (χ4v) is 2.85. The van der Waals surface area contributed by atoms with Crippen LogP contribution >= 0.6 is 0 Å². The number of carbonyl (C=O) groups is 1. The van der Waals surface area contributed by atoms with Gasteiger partial charge in [0.1, 0.15) is 11.6 Å². The minimum absolute atomic E-state index is 0.144. The molecule has 1 aliphatic carbocycles. The minimum Gasteiger partial charge on any atom is -0.296 e. The Hall–Kier alpha value is -1.29. The van der Waals surface area contributed by atoms with Crippen LogP contribution in [0.5, 0.6) is 0 Å². The number of carbonyl (C=O) groups excluding carboxylic acids is 1. The van der Waals surface area contributed by atoms with Crippen LogP contribution in [0.2, 0.25) is 0 Å². The smallest absolute Gasteiger partial charge is 0.179 e. The van der Waals surface area contributed by atoms with Crippen LogP contribution in [-0.2, 0) is 0 Å². The van der Waals surface area contributed by atoms with E-state index in [4.69, 9.17) is 0 Å². The van der Waals surface area contributed by atoms with Crippen LogP contribution in [0.3, 0.4) is 0 Å². The van der Waals surface area contributed by atoms with Crippen LogP contribution < -0.4 is 0 Å². The maximum Gasteiger partial charge on any atom is 0.179 e. The summed E-state index contributed by atoms with van der Waals surface area (Å²) in [4.78, 5) is 14.1. The van der Waals surface area contributed by atoms with E-state index in [1.165, 1.54) is 25.7 Å². The van der Waals surface area contributed by atoms with Gasteiger partial charge in [-0.15, -0.1) is 0 Å². The molecule has 0 aromatic heterocycles. The molecule has 0 N–H and O–H groups in total. The Kier molecular flexibility index (Phi) is 5.24. The molecule has 0 aliphatic heterocycles. The summed E-state index contributed by atoms with van der Waals surface area (Å²) in [5.74, 6) is -1.58. The van der Waals surface area contributed by atoms with E-state index < -0.39 is 11.6 Å².